The summed E-state index contributed by atoms with van der Waals surface area (Å²) in [5, 5.41) is 6.32. The zero-order valence-electron chi connectivity index (χ0n) is 12.2. The maximum atomic E-state index is 13.0. The van der Waals surface area contributed by atoms with Crippen LogP contribution in [0.15, 0.2) is 24.3 Å². The molecule has 0 aliphatic heterocycles. The summed E-state index contributed by atoms with van der Waals surface area (Å²) in [6.45, 7) is 4.56. The van der Waals surface area contributed by atoms with Crippen molar-refractivity contribution < 1.29 is 9.18 Å². The lowest BCUT2D eigenvalue weighted by Crippen LogP contribution is -2.33. The minimum Gasteiger partial charge on any atom is -0.354 e. The second-order valence-corrected chi connectivity index (χ2v) is 5.79. The molecule has 110 valence electrons. The second kappa shape index (κ2) is 6.84. The van der Waals surface area contributed by atoms with Gasteiger partial charge in [0.2, 0.25) is 5.91 Å². The molecule has 1 unspecified atom stereocenters. The van der Waals surface area contributed by atoms with Crippen LogP contribution in [-0.4, -0.2) is 18.5 Å². The van der Waals surface area contributed by atoms with Crippen molar-refractivity contribution >= 4 is 5.91 Å². The van der Waals surface area contributed by atoms with Crippen LogP contribution in [0.1, 0.15) is 44.7 Å². The van der Waals surface area contributed by atoms with Crippen LogP contribution < -0.4 is 10.6 Å². The SMILES string of the molecule is CC(C)NC(=O)CCNC(c1ccc(F)cc1)C1CC1. The second-order valence-electron chi connectivity index (χ2n) is 5.79. The molecule has 0 bridgehead atoms. The Hall–Kier alpha value is -1.42. The van der Waals surface area contributed by atoms with Crippen LogP contribution >= 0.6 is 0 Å². The van der Waals surface area contributed by atoms with E-state index < -0.39 is 0 Å². The Kier molecular flexibility index (Phi) is 5.12. The predicted molar refractivity (Wildman–Crippen MR) is 77.8 cm³/mol. The number of carbonyl (C=O) groups is 1. The summed E-state index contributed by atoms with van der Waals surface area (Å²) in [5.41, 5.74) is 1.11. The van der Waals surface area contributed by atoms with E-state index in [0.717, 1.165) is 5.56 Å². The highest BCUT2D eigenvalue weighted by Gasteiger charge is 2.31. The first-order valence-electron chi connectivity index (χ1n) is 7.34. The first kappa shape index (κ1) is 15.0. The number of nitrogens with one attached hydrogen (secondary N) is 2. The summed E-state index contributed by atoms with van der Waals surface area (Å²) in [6, 6.07) is 7.08. The number of benzene rings is 1. The van der Waals surface area contributed by atoms with Crippen LogP contribution in [0.5, 0.6) is 0 Å². The zero-order valence-corrected chi connectivity index (χ0v) is 12.2. The molecule has 0 aromatic heterocycles. The molecule has 1 saturated carbocycles. The topological polar surface area (TPSA) is 41.1 Å². The van der Waals surface area contributed by atoms with Crippen molar-refractivity contribution in [2.45, 2.75) is 45.2 Å². The standard InChI is InChI=1S/C16H23FN2O/c1-11(2)19-15(20)9-10-18-16(12-3-4-12)13-5-7-14(17)8-6-13/h5-8,11-12,16,18H,3-4,9-10H2,1-2H3,(H,19,20). The Balaban J connectivity index is 1.84. The molecule has 3 nitrogen and oxygen atoms in total. The molecule has 0 heterocycles. The molecule has 1 fully saturated rings. The zero-order chi connectivity index (χ0) is 14.5. The van der Waals surface area contributed by atoms with Crippen LogP contribution in [0.4, 0.5) is 4.39 Å². The van der Waals surface area contributed by atoms with Crippen molar-refractivity contribution in [3.05, 3.63) is 35.6 Å². The molecule has 0 radical (unpaired) electrons. The fourth-order valence-corrected chi connectivity index (χ4v) is 2.39. The molecule has 1 aliphatic rings. The molecule has 20 heavy (non-hydrogen) atoms. The van der Waals surface area contributed by atoms with Crippen LogP contribution in [0.25, 0.3) is 0 Å². The molecule has 2 N–H and O–H groups in total. The van der Waals surface area contributed by atoms with Crippen LogP contribution in [0.2, 0.25) is 0 Å². The van der Waals surface area contributed by atoms with E-state index in [0.29, 0.717) is 18.9 Å². The van der Waals surface area contributed by atoms with Crippen LogP contribution in [0, 0.1) is 11.7 Å². The van der Waals surface area contributed by atoms with E-state index in [1.165, 1.54) is 25.0 Å². The van der Waals surface area contributed by atoms with Crippen LogP contribution in [0.3, 0.4) is 0 Å². The largest absolute Gasteiger partial charge is 0.354 e. The highest BCUT2D eigenvalue weighted by atomic mass is 19.1. The van der Waals surface area contributed by atoms with E-state index in [-0.39, 0.29) is 23.8 Å². The van der Waals surface area contributed by atoms with Gasteiger partial charge >= 0.3 is 0 Å². The molecule has 1 aromatic rings. The lowest BCUT2D eigenvalue weighted by molar-refractivity contribution is -0.121. The monoisotopic (exact) mass is 278 g/mol. The average Bonchev–Trinajstić information content (AvgIpc) is 3.19. The quantitative estimate of drug-likeness (QED) is 0.805. The maximum Gasteiger partial charge on any atom is 0.221 e. The van der Waals surface area contributed by atoms with E-state index in [1.54, 1.807) is 0 Å². The van der Waals surface area contributed by atoms with Gasteiger partial charge in [0.05, 0.1) is 0 Å². The third-order valence-electron chi connectivity index (χ3n) is 3.49. The van der Waals surface area contributed by atoms with Crippen molar-refractivity contribution in [2.24, 2.45) is 5.92 Å². The van der Waals surface area contributed by atoms with Crippen molar-refractivity contribution in [1.29, 1.82) is 0 Å². The van der Waals surface area contributed by atoms with E-state index in [1.807, 2.05) is 26.0 Å². The van der Waals surface area contributed by atoms with Gasteiger partial charge in [-0.05, 0) is 50.3 Å². The van der Waals surface area contributed by atoms with E-state index in [4.69, 9.17) is 0 Å². The van der Waals surface area contributed by atoms with Crippen molar-refractivity contribution in [2.75, 3.05) is 6.54 Å². The summed E-state index contributed by atoms with van der Waals surface area (Å²) in [4.78, 5) is 11.6. The lowest BCUT2D eigenvalue weighted by Gasteiger charge is -2.19. The third-order valence-corrected chi connectivity index (χ3v) is 3.49. The van der Waals surface area contributed by atoms with Gasteiger partial charge in [-0.15, -0.1) is 0 Å². The van der Waals surface area contributed by atoms with Gasteiger partial charge in [0.1, 0.15) is 5.82 Å². The Morgan fingerprint density at radius 3 is 2.50 bits per heavy atom. The summed E-state index contributed by atoms with van der Waals surface area (Å²) in [7, 11) is 0. The van der Waals surface area contributed by atoms with Gasteiger partial charge in [-0.3, -0.25) is 4.79 Å². The van der Waals surface area contributed by atoms with E-state index in [2.05, 4.69) is 10.6 Å². The van der Waals surface area contributed by atoms with Crippen LogP contribution in [-0.2, 0) is 4.79 Å². The highest BCUT2D eigenvalue weighted by molar-refractivity contribution is 5.76. The van der Waals surface area contributed by atoms with Gasteiger partial charge in [-0.1, -0.05) is 12.1 Å². The Morgan fingerprint density at radius 2 is 1.95 bits per heavy atom. The number of amides is 1. The number of rotatable bonds is 7. The first-order valence-corrected chi connectivity index (χ1v) is 7.34. The molecule has 1 aliphatic carbocycles. The number of carbonyl (C=O) groups excluding carboxylic acids is 1. The molecular formula is C16H23FN2O. The fourth-order valence-electron chi connectivity index (χ4n) is 2.39. The average molecular weight is 278 g/mol. The number of hydrogen-bond donors (Lipinski definition) is 2. The van der Waals surface area contributed by atoms with Gasteiger partial charge in [0.25, 0.3) is 0 Å². The predicted octanol–water partition coefficient (Wildman–Crippen LogP) is 2.78. The van der Waals surface area contributed by atoms with Gasteiger partial charge in [0, 0.05) is 25.0 Å². The fraction of sp³-hybridized carbons (Fsp3) is 0.562. The summed E-state index contributed by atoms with van der Waals surface area (Å²) < 4.78 is 13.0. The third kappa shape index (κ3) is 4.60. The molecule has 0 spiro atoms. The number of hydrogen-bond acceptors (Lipinski definition) is 2. The molecule has 0 saturated heterocycles. The highest BCUT2D eigenvalue weighted by Crippen LogP contribution is 2.40. The van der Waals surface area contributed by atoms with Crippen molar-refractivity contribution in [3.63, 3.8) is 0 Å². The molecule has 1 atom stereocenters. The number of halogens is 1. The van der Waals surface area contributed by atoms with Gasteiger partial charge in [-0.2, -0.15) is 0 Å². The Morgan fingerprint density at radius 1 is 1.30 bits per heavy atom. The Bertz CT molecular complexity index is 440. The van der Waals surface area contributed by atoms with Gasteiger partial charge in [0.15, 0.2) is 0 Å². The minimum atomic E-state index is -0.209. The minimum absolute atomic E-state index is 0.0705. The first-order chi connectivity index (χ1) is 9.56. The van der Waals surface area contributed by atoms with Gasteiger partial charge in [-0.25, -0.2) is 4.39 Å². The normalized spacial score (nSPS) is 16.2. The van der Waals surface area contributed by atoms with Gasteiger partial charge < -0.3 is 10.6 Å². The maximum absolute atomic E-state index is 13.0. The summed E-state index contributed by atoms with van der Waals surface area (Å²) in [5.74, 6) is 0.481. The van der Waals surface area contributed by atoms with Crippen molar-refractivity contribution in [3.8, 4) is 0 Å². The van der Waals surface area contributed by atoms with E-state index >= 15 is 0 Å². The Labute approximate surface area is 120 Å². The lowest BCUT2D eigenvalue weighted by atomic mass is 10.0. The molecule has 1 aromatic carbocycles. The molecular weight excluding hydrogens is 255 g/mol. The van der Waals surface area contributed by atoms with Crippen molar-refractivity contribution in [1.82, 2.24) is 10.6 Å². The molecule has 1 amide bonds. The summed E-state index contributed by atoms with van der Waals surface area (Å²) >= 11 is 0. The smallest absolute Gasteiger partial charge is 0.221 e. The molecule has 2 rings (SSSR count). The van der Waals surface area contributed by atoms with E-state index in [9.17, 15) is 9.18 Å². The molecule has 4 heteroatoms. The summed E-state index contributed by atoms with van der Waals surface area (Å²) in [6.07, 6.45) is 2.88.